The van der Waals surface area contributed by atoms with E-state index < -0.39 is 10.0 Å². The minimum atomic E-state index is -3.60. The highest BCUT2D eigenvalue weighted by Crippen LogP contribution is 2.22. The normalized spacial score (nSPS) is 18.2. The highest BCUT2D eigenvalue weighted by Gasteiger charge is 2.31. The van der Waals surface area contributed by atoms with Gasteiger partial charge in [0.1, 0.15) is 0 Å². The minimum absolute atomic E-state index is 0.160. The van der Waals surface area contributed by atoms with E-state index in [2.05, 4.69) is 0 Å². The Hall–Kier alpha value is -2.22. The highest BCUT2D eigenvalue weighted by molar-refractivity contribution is 7.89. The molecule has 1 unspecified atom stereocenters. The largest absolute Gasteiger partial charge is 0.378 e. The fourth-order valence-electron chi connectivity index (χ4n) is 3.18. The van der Waals surface area contributed by atoms with Crippen molar-refractivity contribution in [2.75, 3.05) is 31.2 Å². The van der Waals surface area contributed by atoms with E-state index in [0.717, 1.165) is 5.69 Å². The van der Waals surface area contributed by atoms with Crippen molar-refractivity contribution in [3.05, 3.63) is 60.2 Å². The molecule has 0 saturated carbocycles. The predicted octanol–water partition coefficient (Wildman–Crippen LogP) is 2.76. The second-order valence-corrected chi connectivity index (χ2v) is 8.34. The van der Waals surface area contributed by atoms with Crippen LogP contribution in [0.25, 0.3) is 0 Å². The summed E-state index contributed by atoms with van der Waals surface area (Å²) in [5.74, 6) is -0.160. The molecule has 7 heteroatoms. The fourth-order valence-corrected chi connectivity index (χ4v) is 4.78. The van der Waals surface area contributed by atoms with Gasteiger partial charge in [0, 0.05) is 30.4 Å². The molecule has 0 spiro atoms. The molecule has 144 valence electrons. The maximum atomic E-state index is 12.9. The number of rotatable bonds is 5. The Bertz CT molecular complexity index is 882. The summed E-state index contributed by atoms with van der Waals surface area (Å²) in [6.07, 6.45) is 0. The molecule has 0 aliphatic carbocycles. The molecular weight excluding hydrogens is 364 g/mol. The Morgan fingerprint density at radius 2 is 1.81 bits per heavy atom. The number of hydrogen-bond acceptors (Lipinski definition) is 4. The molecule has 0 bridgehead atoms. The quantitative estimate of drug-likeness (QED) is 0.790. The molecule has 1 fully saturated rings. The van der Waals surface area contributed by atoms with Gasteiger partial charge in [-0.1, -0.05) is 18.2 Å². The van der Waals surface area contributed by atoms with E-state index in [9.17, 15) is 13.2 Å². The van der Waals surface area contributed by atoms with E-state index in [1.807, 2.05) is 44.2 Å². The van der Waals surface area contributed by atoms with E-state index in [0.29, 0.717) is 31.9 Å². The van der Waals surface area contributed by atoms with Crippen LogP contribution in [0.3, 0.4) is 0 Å². The van der Waals surface area contributed by atoms with E-state index in [1.54, 1.807) is 17.0 Å². The summed E-state index contributed by atoms with van der Waals surface area (Å²) in [7, 11) is -3.60. The molecule has 3 rings (SSSR count). The van der Waals surface area contributed by atoms with Crippen LogP contribution in [0.15, 0.2) is 59.5 Å². The van der Waals surface area contributed by atoms with Gasteiger partial charge in [-0.25, -0.2) is 8.42 Å². The van der Waals surface area contributed by atoms with E-state index in [1.165, 1.54) is 16.4 Å². The average Bonchev–Trinajstić information content (AvgIpc) is 2.69. The molecule has 6 nitrogen and oxygen atoms in total. The molecule has 1 atom stereocenters. The van der Waals surface area contributed by atoms with Crippen molar-refractivity contribution < 1.29 is 17.9 Å². The summed E-state index contributed by atoms with van der Waals surface area (Å²) in [6.45, 7) is 5.37. The minimum Gasteiger partial charge on any atom is -0.378 e. The number of para-hydroxylation sites is 1. The molecule has 2 aromatic rings. The summed E-state index contributed by atoms with van der Waals surface area (Å²) in [6, 6.07) is 15.4. The van der Waals surface area contributed by atoms with Gasteiger partial charge in [-0.05, 0) is 50.2 Å². The van der Waals surface area contributed by atoms with Crippen LogP contribution in [0.1, 0.15) is 24.2 Å². The van der Waals surface area contributed by atoms with Crippen LogP contribution in [-0.4, -0.2) is 51.0 Å². The SMILES string of the molecule is CCN(C(=O)c1ccc(S(=O)(=O)N2CCOCC2C)cc1)c1ccccc1. The van der Waals surface area contributed by atoms with Gasteiger partial charge in [-0.15, -0.1) is 0 Å². The van der Waals surface area contributed by atoms with Crippen LogP contribution in [0.4, 0.5) is 5.69 Å². The van der Waals surface area contributed by atoms with Gasteiger partial charge in [-0.3, -0.25) is 4.79 Å². The molecule has 1 amide bonds. The first-order chi connectivity index (χ1) is 12.9. The number of carbonyl (C=O) groups is 1. The topological polar surface area (TPSA) is 66.9 Å². The van der Waals surface area contributed by atoms with E-state index in [-0.39, 0.29) is 16.8 Å². The van der Waals surface area contributed by atoms with Crippen molar-refractivity contribution in [2.24, 2.45) is 0 Å². The van der Waals surface area contributed by atoms with Crippen LogP contribution in [0.5, 0.6) is 0 Å². The van der Waals surface area contributed by atoms with Gasteiger partial charge in [0.2, 0.25) is 10.0 Å². The molecule has 0 N–H and O–H groups in total. The first kappa shape index (κ1) is 19.5. The molecule has 1 aliphatic heterocycles. The summed E-state index contributed by atoms with van der Waals surface area (Å²) < 4.78 is 32.5. The first-order valence-electron chi connectivity index (χ1n) is 9.01. The number of sulfonamides is 1. The van der Waals surface area contributed by atoms with Gasteiger partial charge in [0.05, 0.1) is 18.1 Å². The standard InChI is InChI=1S/C20H24N2O4S/c1-3-21(18-7-5-4-6-8-18)20(23)17-9-11-19(12-10-17)27(24,25)22-13-14-26-15-16(22)2/h4-12,16H,3,13-15H2,1-2H3. The zero-order chi connectivity index (χ0) is 19.4. The van der Waals surface area contributed by atoms with Crippen LogP contribution in [0, 0.1) is 0 Å². The summed E-state index contributed by atoms with van der Waals surface area (Å²) in [5.41, 5.74) is 1.26. The number of nitrogens with zero attached hydrogens (tertiary/aromatic N) is 2. The lowest BCUT2D eigenvalue weighted by molar-refractivity contribution is 0.0393. The number of carbonyl (C=O) groups excluding carboxylic acids is 1. The van der Waals surface area contributed by atoms with Gasteiger partial charge >= 0.3 is 0 Å². The smallest absolute Gasteiger partial charge is 0.258 e. The Morgan fingerprint density at radius 1 is 1.15 bits per heavy atom. The molecular formula is C20H24N2O4S. The van der Waals surface area contributed by atoms with Gasteiger partial charge < -0.3 is 9.64 Å². The van der Waals surface area contributed by atoms with Crippen LogP contribution in [-0.2, 0) is 14.8 Å². The zero-order valence-corrected chi connectivity index (χ0v) is 16.4. The van der Waals surface area contributed by atoms with Crippen molar-refractivity contribution in [1.29, 1.82) is 0 Å². The highest BCUT2D eigenvalue weighted by atomic mass is 32.2. The fraction of sp³-hybridized carbons (Fsp3) is 0.350. The number of anilines is 1. The third-order valence-electron chi connectivity index (χ3n) is 4.64. The van der Waals surface area contributed by atoms with Gasteiger partial charge in [-0.2, -0.15) is 4.31 Å². The van der Waals surface area contributed by atoms with Crippen molar-refractivity contribution in [3.8, 4) is 0 Å². The monoisotopic (exact) mass is 388 g/mol. The Balaban J connectivity index is 1.83. The third kappa shape index (κ3) is 4.05. The van der Waals surface area contributed by atoms with Gasteiger partial charge in [0.25, 0.3) is 5.91 Å². The van der Waals surface area contributed by atoms with Crippen molar-refractivity contribution >= 4 is 21.6 Å². The maximum absolute atomic E-state index is 12.9. The lowest BCUT2D eigenvalue weighted by atomic mass is 10.2. The average molecular weight is 388 g/mol. The molecule has 0 radical (unpaired) electrons. The second-order valence-electron chi connectivity index (χ2n) is 6.45. The first-order valence-corrected chi connectivity index (χ1v) is 10.5. The summed E-state index contributed by atoms with van der Waals surface area (Å²) >= 11 is 0. The molecule has 1 aliphatic rings. The number of ether oxygens (including phenoxy) is 1. The van der Waals surface area contributed by atoms with Crippen LogP contribution in [0.2, 0.25) is 0 Å². The number of hydrogen-bond donors (Lipinski definition) is 0. The Kier molecular flexibility index (Phi) is 5.94. The number of morpholine rings is 1. The second kappa shape index (κ2) is 8.21. The lowest BCUT2D eigenvalue weighted by Crippen LogP contribution is -2.46. The number of amides is 1. The van der Waals surface area contributed by atoms with Crippen LogP contribution >= 0.6 is 0 Å². The van der Waals surface area contributed by atoms with E-state index >= 15 is 0 Å². The van der Waals surface area contributed by atoms with Crippen LogP contribution < -0.4 is 4.90 Å². The molecule has 27 heavy (non-hydrogen) atoms. The maximum Gasteiger partial charge on any atom is 0.258 e. The lowest BCUT2D eigenvalue weighted by Gasteiger charge is -2.32. The Labute approximate surface area is 160 Å². The summed E-state index contributed by atoms with van der Waals surface area (Å²) in [5, 5.41) is 0. The zero-order valence-electron chi connectivity index (χ0n) is 15.5. The third-order valence-corrected chi connectivity index (χ3v) is 6.67. The molecule has 0 aromatic heterocycles. The van der Waals surface area contributed by atoms with E-state index in [4.69, 9.17) is 4.74 Å². The molecule has 1 heterocycles. The number of benzene rings is 2. The van der Waals surface area contributed by atoms with Crippen molar-refractivity contribution in [1.82, 2.24) is 4.31 Å². The summed E-state index contributed by atoms with van der Waals surface area (Å²) in [4.78, 5) is 14.7. The molecule has 2 aromatic carbocycles. The van der Waals surface area contributed by atoms with Crippen molar-refractivity contribution in [2.45, 2.75) is 24.8 Å². The predicted molar refractivity (Wildman–Crippen MR) is 104 cm³/mol. The van der Waals surface area contributed by atoms with Crippen molar-refractivity contribution in [3.63, 3.8) is 0 Å². The Morgan fingerprint density at radius 3 is 2.41 bits per heavy atom. The van der Waals surface area contributed by atoms with Gasteiger partial charge in [0.15, 0.2) is 0 Å². The molecule has 1 saturated heterocycles.